The number of aldehydes is 1. The van der Waals surface area contributed by atoms with E-state index in [0.29, 0.717) is 0 Å². The minimum Gasteiger partial charge on any atom is -0.298 e. The van der Waals surface area contributed by atoms with Gasteiger partial charge in [-0.1, -0.05) is 41.1 Å². The molecule has 0 spiro atoms. The molecule has 0 saturated carbocycles. The fourth-order valence-corrected chi connectivity index (χ4v) is 0.872. The number of hydrogen-bond donors (Lipinski definition) is 0. The van der Waals surface area contributed by atoms with E-state index >= 15 is 0 Å². The van der Waals surface area contributed by atoms with Gasteiger partial charge in [0.2, 0.25) is 0 Å². The maximum atomic E-state index is 10.3. The smallest absolute Gasteiger partial charge is 0.149 e. The van der Waals surface area contributed by atoms with Gasteiger partial charge in [-0.25, -0.2) is 0 Å². The van der Waals surface area contributed by atoms with Crippen molar-refractivity contribution in [2.75, 3.05) is 5.33 Å². The van der Waals surface area contributed by atoms with Gasteiger partial charge < -0.3 is 0 Å². The third-order valence-electron chi connectivity index (χ3n) is 0.995. The van der Waals surface area contributed by atoms with Gasteiger partial charge in [-0.3, -0.25) is 4.79 Å². The van der Waals surface area contributed by atoms with E-state index in [0.717, 1.165) is 23.6 Å². The third-order valence-corrected chi connectivity index (χ3v) is 1.32. The largest absolute Gasteiger partial charge is 0.298 e. The summed E-state index contributed by atoms with van der Waals surface area (Å²) < 4.78 is 0. The Bertz CT molecular complexity index is 147. The third kappa shape index (κ3) is 4.50. The van der Waals surface area contributed by atoms with E-state index in [9.17, 15) is 4.79 Å². The molecule has 0 amide bonds. The molecular formula is C8H11BrO. The Morgan fingerprint density at radius 2 is 2.30 bits per heavy atom. The van der Waals surface area contributed by atoms with Crippen LogP contribution in [0.5, 0.6) is 0 Å². The average molecular weight is 203 g/mol. The van der Waals surface area contributed by atoms with Crippen LogP contribution in [-0.2, 0) is 4.79 Å². The van der Waals surface area contributed by atoms with Crippen LogP contribution in [-0.4, -0.2) is 11.6 Å². The monoisotopic (exact) mass is 202 g/mol. The highest BCUT2D eigenvalue weighted by Gasteiger charge is 1.84. The van der Waals surface area contributed by atoms with Crippen molar-refractivity contribution in [3.63, 3.8) is 0 Å². The second-order valence-electron chi connectivity index (χ2n) is 1.79. The summed E-state index contributed by atoms with van der Waals surface area (Å²) in [6.45, 7) is 2.03. The van der Waals surface area contributed by atoms with Crippen LogP contribution in [0.25, 0.3) is 0 Å². The molecule has 10 heavy (non-hydrogen) atoms. The standard InChI is InChI=1S/C8H11BrO/c1-2-3-4-8(7-10)5-6-9/h3-5,7H,2,6H2,1H3/b4-3-,8-5+. The molecule has 0 unspecified atom stereocenters. The number of rotatable bonds is 4. The number of allylic oxidation sites excluding steroid dienone is 4. The predicted octanol–water partition coefficient (Wildman–Crippen LogP) is 2.47. The number of carbonyl (C=O) groups excluding carboxylic acids is 1. The molecule has 0 fully saturated rings. The zero-order valence-corrected chi connectivity index (χ0v) is 7.60. The van der Waals surface area contributed by atoms with Crippen molar-refractivity contribution in [1.82, 2.24) is 0 Å². The molecule has 0 saturated heterocycles. The molecule has 0 aromatic rings. The normalized spacial score (nSPS) is 12.4. The fraction of sp³-hybridized carbons (Fsp3) is 0.375. The number of hydrogen-bond acceptors (Lipinski definition) is 1. The van der Waals surface area contributed by atoms with Crippen molar-refractivity contribution in [3.05, 3.63) is 23.8 Å². The molecule has 0 heterocycles. The first-order valence-electron chi connectivity index (χ1n) is 3.23. The van der Waals surface area contributed by atoms with Gasteiger partial charge in [-0.05, 0) is 6.42 Å². The molecule has 0 rings (SSSR count). The minimum absolute atomic E-state index is 0.731. The maximum Gasteiger partial charge on any atom is 0.149 e. The summed E-state index contributed by atoms with van der Waals surface area (Å²) in [5.41, 5.74) is 0.735. The first-order chi connectivity index (χ1) is 4.85. The van der Waals surface area contributed by atoms with Crippen LogP contribution in [0.2, 0.25) is 0 Å². The lowest BCUT2D eigenvalue weighted by Gasteiger charge is -1.85. The summed E-state index contributed by atoms with van der Waals surface area (Å²) in [5.74, 6) is 0. The van der Waals surface area contributed by atoms with Crippen LogP contribution in [0.1, 0.15) is 13.3 Å². The molecule has 2 heteroatoms. The quantitative estimate of drug-likeness (QED) is 0.297. The molecule has 0 bridgehead atoms. The van der Waals surface area contributed by atoms with E-state index in [1.807, 2.05) is 25.2 Å². The molecule has 0 radical (unpaired) electrons. The Labute approximate surface area is 69.9 Å². The van der Waals surface area contributed by atoms with Crippen LogP contribution < -0.4 is 0 Å². The molecule has 0 atom stereocenters. The Kier molecular flexibility index (Phi) is 6.50. The Morgan fingerprint density at radius 1 is 1.60 bits per heavy atom. The molecule has 1 nitrogen and oxygen atoms in total. The van der Waals surface area contributed by atoms with Crippen molar-refractivity contribution < 1.29 is 4.79 Å². The van der Waals surface area contributed by atoms with E-state index in [-0.39, 0.29) is 0 Å². The number of alkyl halides is 1. The highest BCUT2D eigenvalue weighted by atomic mass is 79.9. The second-order valence-corrected chi connectivity index (χ2v) is 2.43. The minimum atomic E-state index is 0.731. The van der Waals surface area contributed by atoms with E-state index in [4.69, 9.17) is 0 Å². The molecular weight excluding hydrogens is 192 g/mol. The lowest BCUT2D eigenvalue weighted by atomic mass is 10.2. The van der Waals surface area contributed by atoms with Crippen molar-refractivity contribution in [2.45, 2.75) is 13.3 Å². The van der Waals surface area contributed by atoms with Gasteiger partial charge in [-0.15, -0.1) is 0 Å². The molecule has 0 N–H and O–H groups in total. The van der Waals surface area contributed by atoms with Crippen molar-refractivity contribution in [2.24, 2.45) is 0 Å². The van der Waals surface area contributed by atoms with Crippen LogP contribution >= 0.6 is 15.9 Å². The first kappa shape index (κ1) is 9.63. The maximum absolute atomic E-state index is 10.3. The van der Waals surface area contributed by atoms with Crippen LogP contribution in [0.4, 0.5) is 0 Å². The SMILES string of the molecule is CC/C=C\C(C=O)=C/CBr. The lowest BCUT2D eigenvalue weighted by Crippen LogP contribution is -1.78. The highest BCUT2D eigenvalue weighted by molar-refractivity contribution is 9.09. The van der Waals surface area contributed by atoms with Gasteiger partial charge in [0.15, 0.2) is 0 Å². The van der Waals surface area contributed by atoms with E-state index in [1.165, 1.54) is 0 Å². The summed E-state index contributed by atoms with van der Waals surface area (Å²) in [6, 6.07) is 0. The van der Waals surface area contributed by atoms with Gasteiger partial charge in [-0.2, -0.15) is 0 Å². The Morgan fingerprint density at radius 3 is 2.70 bits per heavy atom. The summed E-state index contributed by atoms with van der Waals surface area (Å²) in [4.78, 5) is 10.3. The number of carbonyl (C=O) groups is 1. The van der Waals surface area contributed by atoms with Crippen molar-refractivity contribution in [3.8, 4) is 0 Å². The van der Waals surface area contributed by atoms with Gasteiger partial charge >= 0.3 is 0 Å². The zero-order valence-electron chi connectivity index (χ0n) is 6.01. The predicted molar refractivity (Wildman–Crippen MR) is 47.4 cm³/mol. The van der Waals surface area contributed by atoms with Gasteiger partial charge in [0, 0.05) is 10.9 Å². The Hall–Kier alpha value is -0.370. The molecule has 56 valence electrons. The fourth-order valence-electron chi connectivity index (χ4n) is 0.498. The van der Waals surface area contributed by atoms with E-state index in [2.05, 4.69) is 15.9 Å². The highest BCUT2D eigenvalue weighted by Crippen LogP contribution is 1.95. The van der Waals surface area contributed by atoms with Crippen LogP contribution in [0, 0.1) is 0 Å². The van der Waals surface area contributed by atoms with Crippen molar-refractivity contribution >= 4 is 22.2 Å². The lowest BCUT2D eigenvalue weighted by molar-refractivity contribution is -0.104. The van der Waals surface area contributed by atoms with Gasteiger partial charge in [0.1, 0.15) is 6.29 Å². The zero-order chi connectivity index (χ0) is 7.82. The first-order valence-corrected chi connectivity index (χ1v) is 4.35. The summed E-state index contributed by atoms with van der Waals surface area (Å²) in [6.07, 6.45) is 7.44. The van der Waals surface area contributed by atoms with E-state index in [1.54, 1.807) is 0 Å². The Balaban J connectivity index is 3.94. The average Bonchev–Trinajstić information content (AvgIpc) is 1.98. The molecule has 0 aromatic heterocycles. The van der Waals surface area contributed by atoms with Crippen LogP contribution in [0.3, 0.4) is 0 Å². The van der Waals surface area contributed by atoms with Gasteiger partial charge in [0.25, 0.3) is 0 Å². The second kappa shape index (κ2) is 6.75. The van der Waals surface area contributed by atoms with Crippen LogP contribution in [0.15, 0.2) is 23.8 Å². The summed E-state index contributed by atoms with van der Waals surface area (Å²) in [7, 11) is 0. The summed E-state index contributed by atoms with van der Waals surface area (Å²) in [5, 5.41) is 0.731. The van der Waals surface area contributed by atoms with E-state index < -0.39 is 0 Å². The molecule has 0 aliphatic carbocycles. The topological polar surface area (TPSA) is 17.1 Å². The summed E-state index contributed by atoms with van der Waals surface area (Å²) >= 11 is 3.21. The van der Waals surface area contributed by atoms with Crippen molar-refractivity contribution in [1.29, 1.82) is 0 Å². The number of halogens is 1. The molecule has 0 aromatic carbocycles. The molecule has 0 aliphatic heterocycles. The van der Waals surface area contributed by atoms with Gasteiger partial charge in [0.05, 0.1) is 0 Å². The molecule has 0 aliphatic rings.